The van der Waals surface area contributed by atoms with Crippen molar-refractivity contribution in [2.45, 2.75) is 13.3 Å². The third-order valence-corrected chi connectivity index (χ3v) is 4.64. The van der Waals surface area contributed by atoms with Crippen molar-refractivity contribution < 1.29 is 13.9 Å². The number of nitriles is 1. The van der Waals surface area contributed by atoms with Crippen LogP contribution >= 0.6 is 23.2 Å². The minimum Gasteiger partial charge on any atom is -0.453 e. The first kappa shape index (κ1) is 20.7. The van der Waals surface area contributed by atoms with E-state index in [1.165, 1.54) is 30.3 Å². The highest BCUT2D eigenvalue weighted by Gasteiger charge is 2.18. The molecule has 3 aromatic carbocycles. The average Bonchev–Trinajstić information content (AvgIpc) is 2.68. The van der Waals surface area contributed by atoms with Gasteiger partial charge in [0.1, 0.15) is 5.75 Å². The quantitative estimate of drug-likeness (QED) is 0.519. The van der Waals surface area contributed by atoms with Gasteiger partial charge >= 0.3 is 0 Å². The highest BCUT2D eigenvalue weighted by molar-refractivity contribution is 6.32. The maximum absolute atomic E-state index is 15.0. The molecule has 0 heterocycles. The summed E-state index contributed by atoms with van der Waals surface area (Å²) >= 11 is 12.0. The summed E-state index contributed by atoms with van der Waals surface area (Å²) in [6.45, 7) is 1.87. The van der Waals surface area contributed by atoms with Gasteiger partial charge < -0.3 is 10.1 Å². The number of nitrogens with zero attached hydrogens (tertiary/aromatic N) is 1. The first-order valence-corrected chi connectivity index (χ1v) is 9.34. The highest BCUT2D eigenvalue weighted by atomic mass is 35.5. The molecule has 0 aliphatic heterocycles. The maximum Gasteiger partial charge on any atom is 0.228 e. The lowest BCUT2D eigenvalue weighted by molar-refractivity contribution is -0.115. The van der Waals surface area contributed by atoms with Gasteiger partial charge in [0, 0.05) is 16.3 Å². The van der Waals surface area contributed by atoms with Crippen LogP contribution in [0.5, 0.6) is 11.5 Å². The van der Waals surface area contributed by atoms with Gasteiger partial charge in [-0.05, 0) is 42.8 Å². The molecule has 7 heteroatoms. The summed E-state index contributed by atoms with van der Waals surface area (Å²) in [5, 5.41) is 12.1. The Bertz CT molecular complexity index is 1130. The van der Waals surface area contributed by atoms with E-state index in [1.807, 2.05) is 25.1 Å². The van der Waals surface area contributed by atoms with Crippen molar-refractivity contribution in [1.82, 2.24) is 0 Å². The summed E-state index contributed by atoms with van der Waals surface area (Å²) in [4.78, 5) is 12.4. The van der Waals surface area contributed by atoms with Crippen LogP contribution in [0.1, 0.15) is 16.7 Å². The molecule has 1 N–H and O–H groups in total. The monoisotopic (exact) mass is 428 g/mol. The molecule has 0 aliphatic carbocycles. The minimum absolute atomic E-state index is 0.0315. The van der Waals surface area contributed by atoms with Crippen molar-refractivity contribution in [2.24, 2.45) is 0 Å². The van der Waals surface area contributed by atoms with E-state index in [0.29, 0.717) is 5.69 Å². The molecule has 0 aliphatic rings. The first-order valence-electron chi connectivity index (χ1n) is 8.58. The minimum atomic E-state index is -0.754. The van der Waals surface area contributed by atoms with E-state index in [1.54, 1.807) is 12.1 Å². The summed E-state index contributed by atoms with van der Waals surface area (Å²) in [6, 6.07) is 16.4. The predicted octanol–water partition coefficient (Wildman–Crippen LogP) is 6.29. The number of hydrogen-bond donors (Lipinski definition) is 1. The molecule has 29 heavy (non-hydrogen) atoms. The molecule has 0 bridgehead atoms. The molecule has 0 atom stereocenters. The van der Waals surface area contributed by atoms with Crippen molar-refractivity contribution in [3.8, 4) is 17.6 Å². The standard InChI is InChI=1S/C22H15Cl2FN2O2/c1-13-4-2-3-5-19(13)27-20(28)10-15-6-7-18(24)22(21(15)25)29-17-9-14(12-26)8-16(23)11-17/h2-9,11H,10H2,1H3,(H,27,28). The van der Waals surface area contributed by atoms with Crippen molar-refractivity contribution in [3.63, 3.8) is 0 Å². The zero-order valence-electron chi connectivity index (χ0n) is 15.3. The number of hydrogen-bond acceptors (Lipinski definition) is 3. The van der Waals surface area contributed by atoms with E-state index in [-0.39, 0.29) is 45.0 Å². The van der Waals surface area contributed by atoms with Gasteiger partial charge in [-0.1, -0.05) is 47.5 Å². The van der Waals surface area contributed by atoms with Crippen LogP contribution in [0.2, 0.25) is 10.0 Å². The van der Waals surface area contributed by atoms with Gasteiger partial charge in [-0.3, -0.25) is 4.79 Å². The fraction of sp³-hybridized carbons (Fsp3) is 0.0909. The molecule has 0 fully saturated rings. The maximum atomic E-state index is 15.0. The van der Waals surface area contributed by atoms with E-state index in [4.69, 9.17) is 33.2 Å². The van der Waals surface area contributed by atoms with E-state index in [9.17, 15) is 9.18 Å². The van der Waals surface area contributed by atoms with Crippen LogP contribution in [0.15, 0.2) is 54.6 Å². The lowest BCUT2D eigenvalue weighted by atomic mass is 10.1. The Balaban J connectivity index is 1.84. The van der Waals surface area contributed by atoms with Gasteiger partial charge in [0.2, 0.25) is 5.91 Å². The number of aryl methyl sites for hydroxylation is 1. The lowest BCUT2D eigenvalue weighted by Crippen LogP contribution is -2.16. The number of ether oxygens (including phenoxy) is 1. The van der Waals surface area contributed by atoms with Gasteiger partial charge in [0.05, 0.1) is 23.1 Å². The Morgan fingerprint density at radius 1 is 1.17 bits per heavy atom. The van der Waals surface area contributed by atoms with Crippen molar-refractivity contribution in [2.75, 3.05) is 5.32 Å². The number of carbonyl (C=O) groups is 1. The molecule has 0 spiro atoms. The summed E-state index contributed by atoms with van der Waals surface area (Å²) in [5.74, 6) is -1.20. The van der Waals surface area contributed by atoms with E-state index in [2.05, 4.69) is 5.32 Å². The number of carbonyl (C=O) groups excluding carboxylic acids is 1. The molecule has 1 amide bonds. The first-order chi connectivity index (χ1) is 13.9. The van der Waals surface area contributed by atoms with Crippen LogP contribution in [0, 0.1) is 24.1 Å². The second-order valence-electron chi connectivity index (χ2n) is 6.28. The SMILES string of the molecule is Cc1ccccc1NC(=O)Cc1ccc(Cl)c(Oc2cc(Cl)cc(C#N)c2)c1F. The Hall–Kier alpha value is -3.07. The average molecular weight is 429 g/mol. The molecule has 4 nitrogen and oxygen atoms in total. The van der Waals surface area contributed by atoms with E-state index in [0.717, 1.165) is 5.56 Å². The number of halogens is 3. The van der Waals surface area contributed by atoms with Crippen molar-refractivity contribution >= 4 is 34.8 Å². The van der Waals surface area contributed by atoms with Crippen LogP contribution in [0.25, 0.3) is 0 Å². The van der Waals surface area contributed by atoms with Crippen molar-refractivity contribution in [1.29, 1.82) is 5.26 Å². The topological polar surface area (TPSA) is 62.1 Å². The summed E-state index contributed by atoms with van der Waals surface area (Å²) in [7, 11) is 0. The normalized spacial score (nSPS) is 10.3. The van der Waals surface area contributed by atoms with Gasteiger partial charge in [0.15, 0.2) is 11.6 Å². The molecule has 3 aromatic rings. The summed E-state index contributed by atoms with van der Waals surface area (Å²) < 4.78 is 20.5. The number of para-hydroxylation sites is 1. The Morgan fingerprint density at radius 3 is 2.66 bits per heavy atom. The van der Waals surface area contributed by atoms with E-state index >= 15 is 0 Å². The predicted molar refractivity (Wildman–Crippen MR) is 111 cm³/mol. The summed E-state index contributed by atoms with van der Waals surface area (Å²) in [5.41, 5.74) is 1.94. The van der Waals surface area contributed by atoms with Crippen LogP contribution < -0.4 is 10.1 Å². The van der Waals surface area contributed by atoms with E-state index < -0.39 is 5.82 Å². The van der Waals surface area contributed by atoms with Gasteiger partial charge in [0.25, 0.3) is 0 Å². The third kappa shape index (κ3) is 5.05. The molecular weight excluding hydrogens is 414 g/mol. The summed E-state index contributed by atoms with van der Waals surface area (Å²) in [6.07, 6.45) is -0.202. The molecule has 0 radical (unpaired) electrons. The number of benzene rings is 3. The molecule has 0 aromatic heterocycles. The molecule has 0 unspecified atom stereocenters. The molecule has 3 rings (SSSR count). The Labute approximate surface area is 177 Å². The van der Waals surface area contributed by atoms with Crippen LogP contribution in [-0.2, 0) is 11.2 Å². The number of rotatable bonds is 5. The zero-order chi connectivity index (χ0) is 21.0. The largest absolute Gasteiger partial charge is 0.453 e. The number of anilines is 1. The second-order valence-corrected chi connectivity index (χ2v) is 7.12. The van der Waals surface area contributed by atoms with Crippen LogP contribution in [0.4, 0.5) is 10.1 Å². The third-order valence-electron chi connectivity index (χ3n) is 4.12. The molecule has 0 saturated heterocycles. The zero-order valence-corrected chi connectivity index (χ0v) is 16.8. The fourth-order valence-corrected chi connectivity index (χ4v) is 3.10. The highest BCUT2D eigenvalue weighted by Crippen LogP contribution is 2.35. The van der Waals surface area contributed by atoms with Crippen LogP contribution in [0.3, 0.4) is 0 Å². The van der Waals surface area contributed by atoms with Crippen LogP contribution in [-0.4, -0.2) is 5.91 Å². The molecule has 0 saturated carbocycles. The van der Waals surface area contributed by atoms with Gasteiger partial charge in [-0.2, -0.15) is 5.26 Å². The fourth-order valence-electron chi connectivity index (χ4n) is 2.69. The number of amides is 1. The second kappa shape index (κ2) is 8.95. The lowest BCUT2D eigenvalue weighted by Gasteiger charge is -2.13. The Morgan fingerprint density at radius 2 is 1.93 bits per heavy atom. The molecule has 146 valence electrons. The Kier molecular flexibility index (Phi) is 6.38. The van der Waals surface area contributed by atoms with Gasteiger partial charge in [-0.25, -0.2) is 4.39 Å². The molecular formula is C22H15Cl2FN2O2. The number of nitrogens with one attached hydrogen (secondary N) is 1. The van der Waals surface area contributed by atoms with Gasteiger partial charge in [-0.15, -0.1) is 0 Å². The smallest absolute Gasteiger partial charge is 0.228 e. The van der Waals surface area contributed by atoms with Crippen molar-refractivity contribution in [3.05, 3.63) is 87.2 Å².